The van der Waals surface area contributed by atoms with E-state index in [1.54, 1.807) is 13.0 Å². The zero-order valence-electron chi connectivity index (χ0n) is 8.15. The van der Waals surface area contributed by atoms with Crippen molar-refractivity contribution in [3.05, 3.63) is 34.4 Å². The van der Waals surface area contributed by atoms with Gasteiger partial charge >= 0.3 is 11.9 Å². The number of allylic oxidation sites excluding steroid dienone is 4. The van der Waals surface area contributed by atoms with Crippen LogP contribution in [0, 0.1) is 5.92 Å². The quantitative estimate of drug-likeness (QED) is 0.731. The average molecular weight is 206 g/mol. The first kappa shape index (κ1) is 9.71. The maximum atomic E-state index is 11.0. The van der Waals surface area contributed by atoms with Gasteiger partial charge in [0.25, 0.3) is 0 Å². The average Bonchev–Trinajstić information content (AvgIpc) is 2.81. The topological polar surface area (TPSA) is 74.6 Å². The molecule has 0 aromatic rings. The van der Waals surface area contributed by atoms with Crippen LogP contribution >= 0.6 is 0 Å². The molecule has 1 atom stereocenters. The highest BCUT2D eigenvalue weighted by Crippen LogP contribution is 2.44. The summed E-state index contributed by atoms with van der Waals surface area (Å²) in [5.74, 6) is -1.98. The van der Waals surface area contributed by atoms with Gasteiger partial charge in [0.05, 0.1) is 12.0 Å². The van der Waals surface area contributed by atoms with Crippen molar-refractivity contribution in [2.24, 2.45) is 5.92 Å². The Labute approximate surface area is 86.2 Å². The Bertz CT molecular complexity index is 451. The van der Waals surface area contributed by atoms with Gasteiger partial charge < -0.3 is 10.2 Å². The van der Waals surface area contributed by atoms with Crippen LogP contribution < -0.4 is 0 Å². The molecule has 15 heavy (non-hydrogen) atoms. The number of carboxylic acid groups (broad SMARTS) is 2. The Morgan fingerprint density at radius 1 is 1.40 bits per heavy atom. The maximum Gasteiger partial charge on any atom is 0.332 e. The molecule has 1 unspecified atom stereocenters. The Balaban J connectivity index is 2.36. The van der Waals surface area contributed by atoms with Crippen LogP contribution in [0.15, 0.2) is 34.4 Å². The van der Waals surface area contributed by atoms with Crippen molar-refractivity contribution in [2.45, 2.75) is 13.3 Å². The van der Waals surface area contributed by atoms with Crippen molar-refractivity contribution in [3.63, 3.8) is 0 Å². The Morgan fingerprint density at radius 3 is 2.60 bits per heavy atom. The highest BCUT2D eigenvalue weighted by atomic mass is 16.4. The van der Waals surface area contributed by atoms with E-state index < -0.39 is 11.9 Å². The van der Waals surface area contributed by atoms with Crippen LogP contribution in [0.3, 0.4) is 0 Å². The number of carbonyl (C=O) groups is 2. The second-order valence-electron chi connectivity index (χ2n) is 3.73. The lowest BCUT2D eigenvalue weighted by Crippen LogP contribution is -2.12. The highest BCUT2D eigenvalue weighted by Gasteiger charge is 2.36. The third kappa shape index (κ3) is 1.58. The fourth-order valence-electron chi connectivity index (χ4n) is 1.89. The fraction of sp³-hybridized carbons (Fsp3) is 0.273. The third-order valence-electron chi connectivity index (χ3n) is 2.72. The molecule has 0 amide bonds. The number of hydrogen-bond acceptors (Lipinski definition) is 2. The van der Waals surface area contributed by atoms with Gasteiger partial charge in [-0.3, -0.25) is 4.79 Å². The zero-order valence-corrected chi connectivity index (χ0v) is 8.15. The van der Waals surface area contributed by atoms with Gasteiger partial charge in [-0.05, 0) is 23.6 Å². The van der Waals surface area contributed by atoms with Crippen molar-refractivity contribution < 1.29 is 19.8 Å². The van der Waals surface area contributed by atoms with Gasteiger partial charge in [0.1, 0.15) is 0 Å². The molecule has 4 heteroatoms. The largest absolute Gasteiger partial charge is 0.481 e. The molecule has 0 saturated carbocycles. The third-order valence-corrected chi connectivity index (χ3v) is 2.72. The highest BCUT2D eigenvalue weighted by molar-refractivity contribution is 5.94. The molecule has 0 radical (unpaired) electrons. The van der Waals surface area contributed by atoms with E-state index in [1.165, 1.54) is 0 Å². The molecule has 0 aliphatic heterocycles. The fourth-order valence-corrected chi connectivity index (χ4v) is 1.89. The molecule has 0 spiro atoms. The molecule has 0 aromatic heterocycles. The van der Waals surface area contributed by atoms with Gasteiger partial charge in [-0.2, -0.15) is 0 Å². The SMILES string of the molecule is CC1=C(C(=O)O)C2C=C2C=C1CC(=O)O. The molecule has 2 aliphatic rings. The minimum absolute atomic E-state index is 0.0833. The molecular weight excluding hydrogens is 196 g/mol. The lowest BCUT2D eigenvalue weighted by atomic mass is 9.89. The van der Waals surface area contributed by atoms with Crippen LogP contribution in [0.4, 0.5) is 0 Å². The summed E-state index contributed by atoms with van der Waals surface area (Å²) in [6, 6.07) is 0. The van der Waals surface area contributed by atoms with E-state index >= 15 is 0 Å². The molecule has 0 aromatic carbocycles. The zero-order chi connectivity index (χ0) is 11.2. The summed E-state index contributed by atoms with van der Waals surface area (Å²) in [7, 11) is 0. The molecule has 0 saturated heterocycles. The molecule has 2 N–H and O–H groups in total. The summed E-state index contributed by atoms with van der Waals surface area (Å²) < 4.78 is 0. The molecule has 4 nitrogen and oxygen atoms in total. The van der Waals surface area contributed by atoms with Crippen LogP contribution in [0.5, 0.6) is 0 Å². The van der Waals surface area contributed by atoms with Crippen LogP contribution in [0.1, 0.15) is 13.3 Å². The standard InChI is InChI=1S/C11H10O4/c1-5-6(4-9(12)13)2-7-3-8(7)10(5)11(14)15/h2-3,8H,4H2,1H3,(H,12,13)(H,14,15). The van der Waals surface area contributed by atoms with E-state index in [0.29, 0.717) is 16.7 Å². The predicted molar refractivity (Wildman–Crippen MR) is 52.2 cm³/mol. The smallest absolute Gasteiger partial charge is 0.332 e. The van der Waals surface area contributed by atoms with Crippen molar-refractivity contribution in [1.29, 1.82) is 0 Å². The van der Waals surface area contributed by atoms with Crippen molar-refractivity contribution in [1.82, 2.24) is 0 Å². The van der Waals surface area contributed by atoms with Gasteiger partial charge in [-0.1, -0.05) is 12.2 Å². The minimum Gasteiger partial charge on any atom is -0.481 e. The van der Waals surface area contributed by atoms with Crippen LogP contribution in [0.2, 0.25) is 0 Å². The number of rotatable bonds is 3. The Morgan fingerprint density at radius 2 is 2.07 bits per heavy atom. The summed E-state index contributed by atoms with van der Waals surface area (Å²) in [6.45, 7) is 1.67. The molecule has 2 rings (SSSR count). The lowest BCUT2D eigenvalue weighted by molar-refractivity contribution is -0.136. The lowest BCUT2D eigenvalue weighted by Gasteiger charge is -2.15. The van der Waals surface area contributed by atoms with Gasteiger partial charge in [-0.25, -0.2) is 4.79 Å². The summed E-state index contributed by atoms with van der Waals surface area (Å²) in [4.78, 5) is 21.5. The summed E-state index contributed by atoms with van der Waals surface area (Å²) in [6.07, 6.45) is 3.50. The Kier molecular flexibility index (Phi) is 2.00. The summed E-state index contributed by atoms with van der Waals surface area (Å²) in [5, 5.41) is 17.7. The van der Waals surface area contributed by atoms with E-state index in [9.17, 15) is 9.59 Å². The number of fused-ring (bicyclic) bond motifs is 1. The van der Waals surface area contributed by atoms with Gasteiger partial charge in [-0.15, -0.1) is 0 Å². The first-order valence-electron chi connectivity index (χ1n) is 4.59. The molecule has 0 heterocycles. The first-order valence-corrected chi connectivity index (χ1v) is 4.59. The van der Waals surface area contributed by atoms with Crippen molar-refractivity contribution >= 4 is 11.9 Å². The monoisotopic (exact) mass is 206 g/mol. The maximum absolute atomic E-state index is 11.0. The molecule has 78 valence electrons. The number of hydrogen-bond donors (Lipinski definition) is 2. The van der Waals surface area contributed by atoms with Gasteiger partial charge in [0, 0.05) is 5.92 Å². The second-order valence-corrected chi connectivity index (χ2v) is 3.73. The normalized spacial score (nSPS) is 22.9. The van der Waals surface area contributed by atoms with Crippen LogP contribution in [-0.4, -0.2) is 22.2 Å². The van der Waals surface area contributed by atoms with E-state index in [0.717, 1.165) is 5.57 Å². The van der Waals surface area contributed by atoms with Crippen molar-refractivity contribution in [2.75, 3.05) is 0 Å². The first-order chi connectivity index (χ1) is 7.00. The van der Waals surface area contributed by atoms with Crippen LogP contribution in [-0.2, 0) is 9.59 Å². The minimum atomic E-state index is -0.959. The molecule has 0 fully saturated rings. The molecular formula is C11H10O4. The van der Waals surface area contributed by atoms with E-state index in [-0.39, 0.29) is 12.3 Å². The van der Waals surface area contributed by atoms with Gasteiger partial charge in [0.2, 0.25) is 0 Å². The van der Waals surface area contributed by atoms with E-state index in [4.69, 9.17) is 10.2 Å². The Hall–Kier alpha value is -1.84. The molecule has 2 aliphatic carbocycles. The predicted octanol–water partition coefficient (Wildman–Crippen LogP) is 1.36. The number of carboxylic acids is 2. The molecule has 0 bridgehead atoms. The van der Waals surface area contributed by atoms with E-state index in [2.05, 4.69) is 0 Å². The van der Waals surface area contributed by atoms with E-state index in [1.807, 2.05) is 6.08 Å². The van der Waals surface area contributed by atoms with Gasteiger partial charge in [0.15, 0.2) is 0 Å². The summed E-state index contributed by atoms with van der Waals surface area (Å²) >= 11 is 0. The summed E-state index contributed by atoms with van der Waals surface area (Å²) in [5.41, 5.74) is 2.44. The van der Waals surface area contributed by atoms with Crippen LogP contribution in [0.25, 0.3) is 0 Å². The van der Waals surface area contributed by atoms with Crippen molar-refractivity contribution in [3.8, 4) is 0 Å². The second kappa shape index (κ2) is 3.08. The number of aliphatic carboxylic acids is 2.